The van der Waals surface area contributed by atoms with Crippen LogP contribution in [0.1, 0.15) is 25.0 Å². The van der Waals surface area contributed by atoms with Crippen LogP contribution < -0.4 is 29.6 Å². The molecule has 1 amide bonds. The summed E-state index contributed by atoms with van der Waals surface area (Å²) in [6, 6.07) is 13.4. The summed E-state index contributed by atoms with van der Waals surface area (Å²) in [6.07, 6.45) is 2.74. The van der Waals surface area contributed by atoms with Gasteiger partial charge in [-0.3, -0.25) is 4.79 Å². The van der Waals surface area contributed by atoms with Crippen LogP contribution in [0.25, 0.3) is 0 Å². The van der Waals surface area contributed by atoms with Crippen molar-refractivity contribution in [1.29, 1.82) is 5.26 Å². The first kappa shape index (κ1) is 26.4. The number of nitrogens with zero attached hydrogens (tertiary/aromatic N) is 1. The highest BCUT2D eigenvalue weighted by Crippen LogP contribution is 2.29. The predicted octanol–water partition coefficient (Wildman–Crippen LogP) is 3.40. The number of nitrogens with one attached hydrogen (secondary N) is 2. The molecular weight excluding hydrogens is 434 g/mol. The Morgan fingerprint density at radius 2 is 1.47 bits per heavy atom. The van der Waals surface area contributed by atoms with Crippen LogP contribution in [0.15, 0.2) is 48.2 Å². The van der Waals surface area contributed by atoms with E-state index in [1.54, 1.807) is 14.2 Å². The molecule has 0 saturated carbocycles. The Labute approximate surface area is 201 Å². The van der Waals surface area contributed by atoms with E-state index < -0.39 is 5.91 Å². The molecule has 2 rings (SSSR count). The van der Waals surface area contributed by atoms with Gasteiger partial charge in [-0.2, -0.15) is 5.26 Å². The molecule has 182 valence electrons. The van der Waals surface area contributed by atoms with Crippen molar-refractivity contribution in [3.8, 4) is 29.1 Å². The zero-order chi connectivity index (χ0) is 24.8. The fraction of sp³-hybridized carbons (Fsp3) is 0.385. The van der Waals surface area contributed by atoms with Crippen LogP contribution in [-0.4, -0.2) is 46.4 Å². The maximum atomic E-state index is 12.4. The molecule has 8 nitrogen and oxygen atoms in total. The molecule has 0 aromatic heterocycles. The molecule has 0 aliphatic carbocycles. The summed E-state index contributed by atoms with van der Waals surface area (Å²) in [5, 5.41) is 15.2. The Morgan fingerprint density at radius 3 is 2.09 bits per heavy atom. The van der Waals surface area contributed by atoms with Gasteiger partial charge in [-0.1, -0.05) is 12.1 Å². The first-order valence-electron chi connectivity index (χ1n) is 11.3. The third-order valence-electron chi connectivity index (χ3n) is 4.92. The Hall–Kier alpha value is -3.86. The minimum atomic E-state index is -0.421. The van der Waals surface area contributed by atoms with Crippen molar-refractivity contribution in [2.45, 2.75) is 26.7 Å². The molecule has 0 heterocycles. The monoisotopic (exact) mass is 467 g/mol. The molecule has 0 saturated heterocycles. The number of carbonyl (C=O) groups excluding carboxylic acids is 1. The van der Waals surface area contributed by atoms with Gasteiger partial charge in [0.05, 0.1) is 27.4 Å². The molecule has 0 atom stereocenters. The van der Waals surface area contributed by atoms with E-state index in [-0.39, 0.29) is 5.57 Å². The van der Waals surface area contributed by atoms with Crippen LogP contribution in [0, 0.1) is 11.3 Å². The molecular formula is C26H33N3O5. The van der Waals surface area contributed by atoms with Crippen molar-refractivity contribution in [2.75, 3.05) is 40.5 Å². The smallest absolute Gasteiger partial charge is 0.263 e. The van der Waals surface area contributed by atoms with Gasteiger partial charge < -0.3 is 29.6 Å². The third kappa shape index (κ3) is 7.93. The fourth-order valence-corrected chi connectivity index (χ4v) is 3.24. The van der Waals surface area contributed by atoms with E-state index in [1.165, 1.54) is 6.20 Å². The van der Waals surface area contributed by atoms with Crippen molar-refractivity contribution in [2.24, 2.45) is 0 Å². The van der Waals surface area contributed by atoms with E-state index in [9.17, 15) is 10.1 Å². The zero-order valence-electron chi connectivity index (χ0n) is 20.3. The lowest BCUT2D eigenvalue weighted by atomic mass is 10.1. The maximum absolute atomic E-state index is 12.4. The van der Waals surface area contributed by atoms with Gasteiger partial charge in [-0.05, 0) is 62.1 Å². The Morgan fingerprint density at radius 1 is 0.882 bits per heavy atom. The van der Waals surface area contributed by atoms with Crippen molar-refractivity contribution in [3.05, 3.63) is 59.3 Å². The number of amides is 1. The van der Waals surface area contributed by atoms with Crippen LogP contribution in [0.2, 0.25) is 0 Å². The van der Waals surface area contributed by atoms with Gasteiger partial charge in [0.2, 0.25) is 0 Å². The molecule has 0 aliphatic rings. The minimum Gasteiger partial charge on any atom is -0.493 e. The Bertz CT molecular complexity index is 1010. The van der Waals surface area contributed by atoms with Gasteiger partial charge in [-0.15, -0.1) is 0 Å². The summed E-state index contributed by atoms with van der Waals surface area (Å²) in [4.78, 5) is 12.4. The van der Waals surface area contributed by atoms with Crippen LogP contribution in [0.5, 0.6) is 23.0 Å². The molecule has 34 heavy (non-hydrogen) atoms. The lowest BCUT2D eigenvalue weighted by Crippen LogP contribution is -2.28. The average Bonchev–Trinajstić information content (AvgIpc) is 2.85. The SMILES string of the molecule is CCOc1ccc(CCN/C=C(/C#N)C(=O)NCCc2ccc(OC)c(OC)c2)cc1OCC. The van der Waals surface area contributed by atoms with E-state index in [2.05, 4.69) is 10.6 Å². The lowest BCUT2D eigenvalue weighted by molar-refractivity contribution is -0.117. The zero-order valence-corrected chi connectivity index (χ0v) is 20.3. The van der Waals surface area contributed by atoms with Crippen molar-refractivity contribution in [1.82, 2.24) is 10.6 Å². The van der Waals surface area contributed by atoms with E-state index in [0.29, 0.717) is 56.4 Å². The minimum absolute atomic E-state index is 0.0222. The first-order valence-corrected chi connectivity index (χ1v) is 11.3. The van der Waals surface area contributed by atoms with Crippen molar-refractivity contribution in [3.63, 3.8) is 0 Å². The summed E-state index contributed by atoms with van der Waals surface area (Å²) in [5.41, 5.74) is 2.07. The van der Waals surface area contributed by atoms with Crippen LogP contribution >= 0.6 is 0 Å². The number of rotatable bonds is 14. The lowest BCUT2D eigenvalue weighted by Gasteiger charge is -2.12. The number of ether oxygens (including phenoxy) is 4. The van der Waals surface area contributed by atoms with Crippen LogP contribution in [0.4, 0.5) is 0 Å². The number of methoxy groups -OCH3 is 2. The van der Waals surface area contributed by atoms with Gasteiger partial charge >= 0.3 is 0 Å². The number of nitriles is 1. The fourth-order valence-electron chi connectivity index (χ4n) is 3.24. The second kappa shape index (κ2) is 14.3. The number of hydrogen-bond acceptors (Lipinski definition) is 7. The van der Waals surface area contributed by atoms with E-state index in [4.69, 9.17) is 18.9 Å². The summed E-state index contributed by atoms with van der Waals surface area (Å²) < 4.78 is 21.8. The largest absolute Gasteiger partial charge is 0.493 e. The van der Waals surface area contributed by atoms with Gasteiger partial charge in [0, 0.05) is 19.3 Å². The van der Waals surface area contributed by atoms with Gasteiger partial charge in [-0.25, -0.2) is 0 Å². The number of benzene rings is 2. The normalized spacial score (nSPS) is 10.7. The highest BCUT2D eigenvalue weighted by Gasteiger charge is 2.10. The summed E-state index contributed by atoms with van der Waals surface area (Å²) in [5.74, 6) is 2.29. The molecule has 0 aliphatic heterocycles. The first-order chi connectivity index (χ1) is 16.6. The molecule has 8 heteroatoms. The highest BCUT2D eigenvalue weighted by molar-refractivity contribution is 5.97. The molecule has 0 fully saturated rings. The topological polar surface area (TPSA) is 102 Å². The molecule has 0 unspecified atom stereocenters. The third-order valence-corrected chi connectivity index (χ3v) is 4.92. The number of hydrogen-bond donors (Lipinski definition) is 2. The second-order valence-electron chi connectivity index (χ2n) is 7.22. The van der Waals surface area contributed by atoms with Gasteiger partial charge in [0.25, 0.3) is 5.91 Å². The summed E-state index contributed by atoms with van der Waals surface area (Å²) >= 11 is 0. The van der Waals surface area contributed by atoms with E-state index in [0.717, 1.165) is 16.9 Å². The molecule has 2 N–H and O–H groups in total. The van der Waals surface area contributed by atoms with Gasteiger partial charge in [0.15, 0.2) is 23.0 Å². The van der Waals surface area contributed by atoms with Gasteiger partial charge in [0.1, 0.15) is 11.6 Å². The predicted molar refractivity (Wildman–Crippen MR) is 130 cm³/mol. The maximum Gasteiger partial charge on any atom is 0.263 e. The Balaban J connectivity index is 1.84. The molecule has 2 aromatic rings. The van der Waals surface area contributed by atoms with Crippen LogP contribution in [0.3, 0.4) is 0 Å². The number of carbonyl (C=O) groups is 1. The van der Waals surface area contributed by atoms with Crippen LogP contribution in [-0.2, 0) is 17.6 Å². The molecule has 2 aromatic carbocycles. The average molecular weight is 468 g/mol. The van der Waals surface area contributed by atoms with Crippen molar-refractivity contribution >= 4 is 5.91 Å². The molecule has 0 spiro atoms. The summed E-state index contributed by atoms with van der Waals surface area (Å²) in [7, 11) is 3.16. The highest BCUT2D eigenvalue weighted by atomic mass is 16.5. The Kier molecular flexibility index (Phi) is 11.1. The standard InChI is InChI=1S/C26H33N3O5/c1-5-33-23-10-8-19(16-25(23)34-6-2)11-13-28-18-21(17-27)26(30)29-14-12-20-7-9-22(31-3)24(15-20)32-4/h7-10,15-16,18,28H,5-6,11-14H2,1-4H3,(H,29,30)/b21-18-. The second-order valence-corrected chi connectivity index (χ2v) is 7.22. The molecule has 0 bridgehead atoms. The molecule has 0 radical (unpaired) electrons. The van der Waals surface area contributed by atoms with Crippen molar-refractivity contribution < 1.29 is 23.7 Å². The quantitative estimate of drug-likeness (QED) is 0.249. The van der Waals surface area contributed by atoms with E-state index >= 15 is 0 Å². The van der Waals surface area contributed by atoms with E-state index in [1.807, 2.05) is 56.3 Å². The summed E-state index contributed by atoms with van der Waals surface area (Å²) in [6.45, 7) is 5.93.